The number of hydrogen-bond donors (Lipinski definition) is 1. The van der Waals surface area contributed by atoms with Crippen molar-refractivity contribution < 1.29 is 50.1 Å². The lowest BCUT2D eigenvalue weighted by atomic mass is 9.85. The number of amides is 1. The standard InChI is InChI=1S/C26H25F6NO5/c1-4-38-24(35)22(15-6-10-20(36-2)21(12-15)37-3)14-5-8-17(11-14)33-23(34)18-13-16(25(27,28)29)7-9-19(18)26(30,31)32/h5-10,12-14,17,22H,4,11H2,1-3H3,(H,33,34)/t14-,17-,22+/m1/s1. The summed E-state index contributed by atoms with van der Waals surface area (Å²) in [5.41, 5.74) is -3.51. The van der Waals surface area contributed by atoms with Crippen molar-refractivity contribution in [1.29, 1.82) is 0 Å². The molecule has 0 aromatic heterocycles. The van der Waals surface area contributed by atoms with Crippen LogP contribution in [0.2, 0.25) is 0 Å². The minimum Gasteiger partial charge on any atom is -0.493 e. The van der Waals surface area contributed by atoms with Gasteiger partial charge in [0.1, 0.15) is 0 Å². The second-order valence-electron chi connectivity index (χ2n) is 8.46. The van der Waals surface area contributed by atoms with Crippen molar-refractivity contribution in [2.75, 3.05) is 20.8 Å². The molecule has 206 valence electrons. The van der Waals surface area contributed by atoms with Crippen LogP contribution in [0.5, 0.6) is 11.5 Å². The number of hydrogen-bond acceptors (Lipinski definition) is 5. The topological polar surface area (TPSA) is 73.9 Å². The van der Waals surface area contributed by atoms with Crippen LogP contribution >= 0.6 is 0 Å². The summed E-state index contributed by atoms with van der Waals surface area (Å²) in [6.45, 7) is 1.72. The average Bonchev–Trinajstić information content (AvgIpc) is 3.30. The number of methoxy groups -OCH3 is 2. The first-order chi connectivity index (χ1) is 17.8. The Morgan fingerprint density at radius 3 is 2.21 bits per heavy atom. The molecule has 2 aromatic carbocycles. The highest BCUT2D eigenvalue weighted by Gasteiger charge is 2.40. The Bertz CT molecular complexity index is 1210. The van der Waals surface area contributed by atoms with Gasteiger partial charge in [-0.2, -0.15) is 26.3 Å². The Morgan fingerprint density at radius 2 is 1.63 bits per heavy atom. The minimum absolute atomic E-state index is 0.0872. The molecule has 2 aromatic rings. The Balaban J connectivity index is 1.86. The quantitative estimate of drug-likeness (QED) is 0.259. The maximum absolute atomic E-state index is 13.4. The van der Waals surface area contributed by atoms with Gasteiger partial charge in [-0.25, -0.2) is 0 Å². The van der Waals surface area contributed by atoms with Gasteiger partial charge >= 0.3 is 18.3 Å². The first-order valence-corrected chi connectivity index (χ1v) is 11.5. The molecule has 0 bridgehead atoms. The van der Waals surface area contributed by atoms with E-state index in [1.54, 1.807) is 31.2 Å². The van der Waals surface area contributed by atoms with E-state index in [2.05, 4.69) is 5.32 Å². The fourth-order valence-corrected chi connectivity index (χ4v) is 4.32. The van der Waals surface area contributed by atoms with Crippen molar-refractivity contribution in [3.8, 4) is 11.5 Å². The van der Waals surface area contributed by atoms with Crippen molar-refractivity contribution in [2.45, 2.75) is 37.7 Å². The van der Waals surface area contributed by atoms with Crippen LogP contribution in [0, 0.1) is 5.92 Å². The summed E-state index contributed by atoms with van der Waals surface area (Å²) in [6.07, 6.45) is -6.81. The number of carbonyl (C=O) groups is 2. The fourth-order valence-electron chi connectivity index (χ4n) is 4.32. The lowest BCUT2D eigenvalue weighted by molar-refractivity contribution is -0.146. The molecule has 1 aliphatic carbocycles. The Morgan fingerprint density at radius 1 is 0.947 bits per heavy atom. The second kappa shape index (κ2) is 11.4. The molecular formula is C26H25F6NO5. The number of allylic oxidation sites excluding steroid dienone is 1. The summed E-state index contributed by atoms with van der Waals surface area (Å²) in [6, 6.07) is 4.68. The predicted molar refractivity (Wildman–Crippen MR) is 124 cm³/mol. The van der Waals surface area contributed by atoms with E-state index in [1.807, 2.05) is 0 Å². The molecule has 1 aliphatic rings. The normalized spacial score (nSPS) is 18.1. The van der Waals surface area contributed by atoms with E-state index in [0.29, 0.717) is 17.1 Å². The molecular weight excluding hydrogens is 520 g/mol. The van der Waals surface area contributed by atoms with Crippen LogP contribution in [0.1, 0.15) is 46.3 Å². The predicted octanol–water partition coefficient (Wildman–Crippen LogP) is 5.76. The van der Waals surface area contributed by atoms with E-state index >= 15 is 0 Å². The molecule has 0 aliphatic heterocycles. The molecule has 0 saturated heterocycles. The van der Waals surface area contributed by atoms with E-state index < -0.39 is 58.8 Å². The summed E-state index contributed by atoms with van der Waals surface area (Å²) in [5, 5.41) is 2.34. The molecule has 0 heterocycles. The van der Waals surface area contributed by atoms with Crippen LogP contribution in [0.3, 0.4) is 0 Å². The largest absolute Gasteiger partial charge is 0.493 e. The lowest BCUT2D eigenvalue weighted by Crippen LogP contribution is -2.35. The molecule has 3 rings (SSSR count). The van der Waals surface area contributed by atoms with Gasteiger partial charge in [0.15, 0.2) is 11.5 Å². The number of nitrogens with one attached hydrogen (secondary N) is 1. The third-order valence-corrected chi connectivity index (χ3v) is 6.07. The van der Waals surface area contributed by atoms with Crippen LogP contribution in [0.4, 0.5) is 26.3 Å². The lowest BCUT2D eigenvalue weighted by Gasteiger charge is -2.23. The molecule has 1 amide bonds. The van der Waals surface area contributed by atoms with Crippen LogP contribution in [-0.2, 0) is 21.9 Å². The Kier molecular flexibility index (Phi) is 8.63. The highest BCUT2D eigenvalue weighted by atomic mass is 19.4. The number of alkyl halides is 6. The van der Waals surface area contributed by atoms with Crippen LogP contribution in [0.25, 0.3) is 0 Å². The molecule has 6 nitrogen and oxygen atoms in total. The van der Waals surface area contributed by atoms with Gasteiger partial charge in [-0.05, 0) is 55.2 Å². The van der Waals surface area contributed by atoms with Crippen molar-refractivity contribution >= 4 is 11.9 Å². The van der Waals surface area contributed by atoms with E-state index in [0.717, 1.165) is 0 Å². The third-order valence-electron chi connectivity index (χ3n) is 6.07. The van der Waals surface area contributed by atoms with Gasteiger partial charge in [0.05, 0.1) is 43.4 Å². The summed E-state index contributed by atoms with van der Waals surface area (Å²) < 4.78 is 95.4. The van der Waals surface area contributed by atoms with Crippen molar-refractivity contribution in [3.05, 3.63) is 70.8 Å². The van der Waals surface area contributed by atoms with Crippen LogP contribution < -0.4 is 14.8 Å². The van der Waals surface area contributed by atoms with E-state index in [-0.39, 0.29) is 31.2 Å². The maximum Gasteiger partial charge on any atom is 0.417 e. The second-order valence-corrected chi connectivity index (χ2v) is 8.46. The monoisotopic (exact) mass is 545 g/mol. The summed E-state index contributed by atoms with van der Waals surface area (Å²) in [5.74, 6) is -2.51. The molecule has 0 fully saturated rings. The molecule has 0 unspecified atom stereocenters. The van der Waals surface area contributed by atoms with E-state index in [1.165, 1.54) is 20.3 Å². The Hall–Kier alpha value is -3.70. The van der Waals surface area contributed by atoms with Crippen molar-refractivity contribution in [1.82, 2.24) is 5.32 Å². The fraction of sp³-hybridized carbons (Fsp3) is 0.385. The van der Waals surface area contributed by atoms with Gasteiger partial charge in [-0.15, -0.1) is 0 Å². The average molecular weight is 545 g/mol. The molecule has 1 N–H and O–H groups in total. The zero-order valence-corrected chi connectivity index (χ0v) is 20.6. The molecule has 0 radical (unpaired) electrons. The van der Waals surface area contributed by atoms with Crippen molar-refractivity contribution in [2.24, 2.45) is 5.92 Å². The maximum atomic E-state index is 13.4. The zero-order valence-electron chi connectivity index (χ0n) is 20.6. The van der Waals surface area contributed by atoms with E-state index in [4.69, 9.17) is 14.2 Å². The molecule has 0 spiro atoms. The van der Waals surface area contributed by atoms with Gasteiger partial charge in [0.25, 0.3) is 5.91 Å². The molecule has 3 atom stereocenters. The van der Waals surface area contributed by atoms with E-state index in [9.17, 15) is 35.9 Å². The van der Waals surface area contributed by atoms with Gasteiger partial charge < -0.3 is 19.5 Å². The first-order valence-electron chi connectivity index (χ1n) is 11.5. The summed E-state index contributed by atoms with van der Waals surface area (Å²) in [4.78, 5) is 25.6. The van der Waals surface area contributed by atoms with Gasteiger partial charge in [0.2, 0.25) is 0 Å². The van der Waals surface area contributed by atoms with Gasteiger partial charge in [-0.3, -0.25) is 9.59 Å². The number of ether oxygens (including phenoxy) is 3. The van der Waals surface area contributed by atoms with Crippen LogP contribution in [0.15, 0.2) is 48.6 Å². The SMILES string of the molecule is CCOC(=O)[C@H](c1ccc(OC)c(OC)c1)[C@@H]1C=C[C@@H](NC(=O)c2cc(C(F)(F)F)ccc2C(F)(F)F)C1. The number of benzene rings is 2. The highest BCUT2D eigenvalue weighted by Crippen LogP contribution is 2.39. The van der Waals surface area contributed by atoms with Gasteiger partial charge in [0, 0.05) is 6.04 Å². The number of carbonyl (C=O) groups excluding carboxylic acids is 2. The molecule has 38 heavy (non-hydrogen) atoms. The Labute approximate surface area is 214 Å². The van der Waals surface area contributed by atoms with Crippen molar-refractivity contribution in [3.63, 3.8) is 0 Å². The number of rotatable bonds is 8. The van der Waals surface area contributed by atoms with Gasteiger partial charge in [-0.1, -0.05) is 18.2 Å². The first kappa shape index (κ1) is 28.9. The molecule has 12 heteroatoms. The number of halogens is 6. The minimum atomic E-state index is -5.05. The molecule has 0 saturated carbocycles. The summed E-state index contributed by atoms with van der Waals surface area (Å²) >= 11 is 0. The zero-order chi connectivity index (χ0) is 28.3. The highest BCUT2D eigenvalue weighted by molar-refractivity contribution is 5.96. The smallest absolute Gasteiger partial charge is 0.417 e. The summed E-state index contributed by atoms with van der Waals surface area (Å²) in [7, 11) is 2.87. The third kappa shape index (κ3) is 6.40. The van der Waals surface area contributed by atoms with Crippen LogP contribution in [-0.4, -0.2) is 38.7 Å². The number of esters is 1.